The lowest BCUT2D eigenvalue weighted by atomic mass is 10.0. The van der Waals surface area contributed by atoms with Crippen molar-refractivity contribution in [1.82, 2.24) is 19.9 Å². The van der Waals surface area contributed by atoms with E-state index in [1.165, 1.54) is 5.56 Å². The van der Waals surface area contributed by atoms with Gasteiger partial charge in [0, 0.05) is 36.8 Å². The number of rotatable bonds is 3. The van der Waals surface area contributed by atoms with Crippen LogP contribution in [0.5, 0.6) is 11.8 Å². The zero-order chi connectivity index (χ0) is 16.5. The zero-order valence-corrected chi connectivity index (χ0v) is 13.6. The highest BCUT2D eigenvalue weighted by molar-refractivity contribution is 5.75. The Morgan fingerprint density at radius 3 is 2.58 bits per heavy atom. The number of aromatic nitrogens is 4. The maximum Gasteiger partial charge on any atom is 0.232 e. The summed E-state index contributed by atoms with van der Waals surface area (Å²) in [6, 6.07) is 7.77. The second kappa shape index (κ2) is 5.92. The Hall–Kier alpha value is -2.96. The molecule has 0 radical (unpaired) electrons. The van der Waals surface area contributed by atoms with Gasteiger partial charge in [-0.3, -0.25) is 0 Å². The van der Waals surface area contributed by atoms with Gasteiger partial charge in [0.15, 0.2) is 5.65 Å². The van der Waals surface area contributed by atoms with Crippen LogP contribution in [-0.2, 0) is 13.0 Å². The third-order valence-corrected chi connectivity index (χ3v) is 4.11. The molecule has 4 rings (SSSR count). The molecule has 122 valence electrons. The Labute approximate surface area is 139 Å². The largest absolute Gasteiger partial charge is 0.481 e. The lowest BCUT2D eigenvalue weighted by Gasteiger charge is -2.28. The second-order valence-electron chi connectivity index (χ2n) is 5.57. The van der Waals surface area contributed by atoms with E-state index >= 15 is 0 Å². The first-order chi connectivity index (χ1) is 11.8. The Morgan fingerprint density at radius 2 is 1.83 bits per heavy atom. The Balaban J connectivity index is 1.70. The van der Waals surface area contributed by atoms with Gasteiger partial charge in [0.1, 0.15) is 0 Å². The topological polar surface area (TPSA) is 73.3 Å². The zero-order valence-electron chi connectivity index (χ0n) is 13.6. The third kappa shape index (κ3) is 2.58. The van der Waals surface area contributed by atoms with Crippen LogP contribution in [0, 0.1) is 0 Å². The van der Waals surface area contributed by atoms with E-state index in [0.29, 0.717) is 24.3 Å². The quantitative estimate of drug-likeness (QED) is 0.730. The van der Waals surface area contributed by atoms with Crippen LogP contribution in [0.25, 0.3) is 11.0 Å². The molecule has 24 heavy (non-hydrogen) atoms. The normalized spacial score (nSPS) is 13.7. The summed E-state index contributed by atoms with van der Waals surface area (Å²) in [7, 11) is 3.17. The van der Waals surface area contributed by atoms with Crippen molar-refractivity contribution in [2.45, 2.75) is 13.0 Å². The van der Waals surface area contributed by atoms with Crippen molar-refractivity contribution >= 4 is 17.0 Å². The molecular weight excluding hydrogens is 306 g/mol. The molecule has 3 aromatic heterocycles. The van der Waals surface area contributed by atoms with Crippen molar-refractivity contribution in [2.24, 2.45) is 0 Å². The smallest absolute Gasteiger partial charge is 0.232 e. The van der Waals surface area contributed by atoms with Crippen molar-refractivity contribution in [3.8, 4) is 11.8 Å². The summed E-state index contributed by atoms with van der Waals surface area (Å²) in [5.74, 6) is 1.58. The first kappa shape index (κ1) is 14.6. The first-order valence-electron chi connectivity index (χ1n) is 7.72. The number of hydrogen-bond acceptors (Lipinski definition) is 7. The van der Waals surface area contributed by atoms with Gasteiger partial charge in [-0.05, 0) is 23.8 Å². The summed E-state index contributed by atoms with van der Waals surface area (Å²) in [5, 5.41) is 1.04. The van der Waals surface area contributed by atoms with Gasteiger partial charge < -0.3 is 14.4 Å². The molecule has 1 aliphatic rings. The predicted molar refractivity (Wildman–Crippen MR) is 89.4 cm³/mol. The fraction of sp³-hybridized carbons (Fsp3) is 0.294. The number of fused-ring (bicyclic) bond motifs is 2. The van der Waals surface area contributed by atoms with Gasteiger partial charge in [-0.15, -0.1) is 0 Å². The molecule has 0 aliphatic carbocycles. The van der Waals surface area contributed by atoms with E-state index in [2.05, 4.69) is 30.9 Å². The molecule has 0 unspecified atom stereocenters. The fourth-order valence-electron chi connectivity index (χ4n) is 2.88. The summed E-state index contributed by atoms with van der Waals surface area (Å²) in [4.78, 5) is 20.0. The maximum atomic E-state index is 5.24. The van der Waals surface area contributed by atoms with Crippen molar-refractivity contribution in [2.75, 3.05) is 25.7 Å². The molecule has 3 aromatic rings. The maximum absolute atomic E-state index is 5.24. The summed E-state index contributed by atoms with van der Waals surface area (Å²) in [6.07, 6.45) is 2.60. The Kier molecular flexibility index (Phi) is 3.60. The lowest BCUT2D eigenvalue weighted by molar-refractivity contribution is 0.371. The minimum absolute atomic E-state index is 0.489. The van der Waals surface area contributed by atoms with Crippen molar-refractivity contribution < 1.29 is 9.47 Å². The van der Waals surface area contributed by atoms with Gasteiger partial charge in [0.25, 0.3) is 0 Å². The number of pyridine rings is 2. The molecular formula is C17H17N5O2. The van der Waals surface area contributed by atoms with Gasteiger partial charge in [-0.25, -0.2) is 9.97 Å². The molecule has 0 saturated heterocycles. The fourth-order valence-corrected chi connectivity index (χ4v) is 2.88. The van der Waals surface area contributed by atoms with Gasteiger partial charge in [-0.2, -0.15) is 9.97 Å². The van der Waals surface area contributed by atoms with Crippen LogP contribution in [0.1, 0.15) is 11.3 Å². The summed E-state index contributed by atoms with van der Waals surface area (Å²) in [6.45, 7) is 1.48. The van der Waals surface area contributed by atoms with Crippen LogP contribution < -0.4 is 14.4 Å². The second-order valence-corrected chi connectivity index (χ2v) is 5.57. The Bertz CT molecular complexity index is 877. The number of hydrogen-bond donors (Lipinski definition) is 0. The summed E-state index contributed by atoms with van der Waals surface area (Å²) in [5.41, 5.74) is 3.06. The van der Waals surface area contributed by atoms with E-state index < -0.39 is 0 Å². The van der Waals surface area contributed by atoms with Crippen molar-refractivity contribution in [3.63, 3.8) is 0 Å². The highest BCUT2D eigenvalue weighted by atomic mass is 16.5. The minimum Gasteiger partial charge on any atom is -0.481 e. The Morgan fingerprint density at radius 1 is 1.04 bits per heavy atom. The molecule has 4 heterocycles. The number of anilines is 1. The van der Waals surface area contributed by atoms with Crippen LogP contribution >= 0.6 is 0 Å². The van der Waals surface area contributed by atoms with E-state index in [0.717, 1.165) is 29.7 Å². The molecule has 0 fully saturated rings. The van der Waals surface area contributed by atoms with Gasteiger partial charge >= 0.3 is 0 Å². The SMILES string of the molecule is COc1cc(OC)nc(N2CCc3nc4ncccc4cc3C2)n1. The van der Waals surface area contributed by atoms with Crippen molar-refractivity contribution in [3.05, 3.63) is 41.7 Å². The molecule has 0 aromatic carbocycles. The number of methoxy groups -OCH3 is 2. The van der Waals surface area contributed by atoms with Gasteiger partial charge in [-0.1, -0.05) is 0 Å². The molecule has 0 N–H and O–H groups in total. The van der Waals surface area contributed by atoms with E-state index in [1.54, 1.807) is 26.5 Å². The predicted octanol–water partition coefficient (Wildman–Crippen LogP) is 2.00. The average molecular weight is 323 g/mol. The first-order valence-corrected chi connectivity index (χ1v) is 7.72. The van der Waals surface area contributed by atoms with Crippen LogP contribution in [0.4, 0.5) is 5.95 Å². The van der Waals surface area contributed by atoms with E-state index in [1.807, 2.05) is 12.1 Å². The molecule has 0 spiro atoms. The van der Waals surface area contributed by atoms with Crippen molar-refractivity contribution in [1.29, 1.82) is 0 Å². The summed E-state index contributed by atoms with van der Waals surface area (Å²) >= 11 is 0. The van der Waals surface area contributed by atoms with Crippen LogP contribution in [0.2, 0.25) is 0 Å². The molecule has 0 bridgehead atoms. The highest BCUT2D eigenvalue weighted by Crippen LogP contribution is 2.26. The van der Waals surface area contributed by atoms with Gasteiger partial charge in [0.05, 0.1) is 20.3 Å². The molecule has 0 saturated carbocycles. The van der Waals surface area contributed by atoms with E-state index in [-0.39, 0.29) is 0 Å². The van der Waals surface area contributed by atoms with E-state index in [4.69, 9.17) is 9.47 Å². The average Bonchev–Trinajstić information content (AvgIpc) is 2.65. The summed E-state index contributed by atoms with van der Waals surface area (Å²) < 4.78 is 10.5. The van der Waals surface area contributed by atoms with E-state index in [9.17, 15) is 0 Å². The molecule has 0 amide bonds. The number of nitrogens with zero attached hydrogens (tertiary/aromatic N) is 5. The van der Waals surface area contributed by atoms with Crippen LogP contribution in [-0.4, -0.2) is 40.7 Å². The standard InChI is InChI=1S/C17H17N5O2/c1-23-14-9-15(24-2)21-17(20-14)22-7-5-13-12(10-22)8-11-4-3-6-18-16(11)19-13/h3-4,6,8-9H,5,7,10H2,1-2H3. The molecule has 7 heteroatoms. The highest BCUT2D eigenvalue weighted by Gasteiger charge is 2.21. The number of ether oxygens (including phenoxy) is 2. The van der Waals surface area contributed by atoms with Crippen LogP contribution in [0.15, 0.2) is 30.5 Å². The third-order valence-electron chi connectivity index (χ3n) is 4.11. The minimum atomic E-state index is 0.489. The van der Waals surface area contributed by atoms with Gasteiger partial charge in [0.2, 0.25) is 17.7 Å². The van der Waals surface area contributed by atoms with Crippen LogP contribution in [0.3, 0.4) is 0 Å². The lowest BCUT2D eigenvalue weighted by Crippen LogP contribution is -2.32. The monoisotopic (exact) mass is 323 g/mol. The molecule has 1 aliphatic heterocycles. The molecule has 0 atom stereocenters. The molecule has 7 nitrogen and oxygen atoms in total.